The van der Waals surface area contributed by atoms with Crippen LogP contribution in [0, 0.1) is 6.92 Å². The zero-order valence-corrected chi connectivity index (χ0v) is 16.5. The Hall–Kier alpha value is -2.62. The van der Waals surface area contributed by atoms with Crippen LogP contribution in [0.15, 0.2) is 15.7 Å². The molecule has 0 atom stereocenters. The molecule has 4 rings (SSSR count). The smallest absolute Gasteiger partial charge is 0.332 e. The average Bonchev–Trinajstić information content (AvgIpc) is 3.23. The summed E-state index contributed by atoms with van der Waals surface area (Å²) in [5.41, 5.74) is 1.48. The van der Waals surface area contributed by atoms with Crippen molar-refractivity contribution in [3.63, 3.8) is 0 Å². The lowest BCUT2D eigenvalue weighted by Gasteiger charge is -2.21. The van der Waals surface area contributed by atoms with Gasteiger partial charge in [0.05, 0.1) is 5.56 Å². The SMILES string of the molecule is Cc1noc(-c2c(NC(=O)C3=C(C(=O)O)CCCC3)sc3c2CCC(F)(F)C3)n1. The molecule has 0 radical (unpaired) electrons. The molecule has 10 heteroatoms. The van der Waals surface area contributed by atoms with Crippen molar-refractivity contribution in [2.45, 2.75) is 57.8 Å². The van der Waals surface area contributed by atoms with Crippen LogP contribution in [0.25, 0.3) is 11.5 Å². The van der Waals surface area contributed by atoms with Gasteiger partial charge in [-0.1, -0.05) is 5.16 Å². The summed E-state index contributed by atoms with van der Waals surface area (Å²) in [5, 5.41) is 16.2. The van der Waals surface area contributed by atoms with E-state index in [1.54, 1.807) is 6.92 Å². The number of aliphatic carboxylic acids is 1. The van der Waals surface area contributed by atoms with Gasteiger partial charge < -0.3 is 14.9 Å². The lowest BCUT2D eigenvalue weighted by Crippen LogP contribution is -2.24. The van der Waals surface area contributed by atoms with Crippen molar-refractivity contribution in [2.24, 2.45) is 0 Å². The summed E-state index contributed by atoms with van der Waals surface area (Å²) in [4.78, 5) is 29.0. The number of halogens is 2. The number of carbonyl (C=O) groups excluding carboxylic acids is 1. The Balaban J connectivity index is 1.75. The van der Waals surface area contributed by atoms with E-state index in [9.17, 15) is 23.5 Å². The van der Waals surface area contributed by atoms with Crippen LogP contribution in [-0.4, -0.2) is 33.0 Å². The Labute approximate surface area is 168 Å². The molecule has 0 saturated carbocycles. The maximum absolute atomic E-state index is 13.9. The third kappa shape index (κ3) is 3.81. The summed E-state index contributed by atoms with van der Waals surface area (Å²) in [6.07, 6.45) is 1.57. The summed E-state index contributed by atoms with van der Waals surface area (Å²) in [6, 6.07) is 0. The van der Waals surface area contributed by atoms with Gasteiger partial charge in [-0.15, -0.1) is 11.3 Å². The van der Waals surface area contributed by atoms with Crippen molar-refractivity contribution in [1.29, 1.82) is 0 Å². The van der Waals surface area contributed by atoms with Crippen LogP contribution < -0.4 is 5.32 Å². The molecule has 2 aliphatic carbocycles. The molecule has 1 amide bonds. The standard InChI is InChI=1S/C19H19F2N3O4S/c1-9-22-16(28-24-9)14-12-6-7-19(20,21)8-13(12)29-17(14)23-15(25)10-4-2-3-5-11(10)18(26)27/h2-8H2,1H3,(H,23,25)(H,26,27). The van der Waals surface area contributed by atoms with Gasteiger partial charge in [-0.2, -0.15) is 4.98 Å². The number of nitrogens with zero attached hydrogens (tertiary/aromatic N) is 2. The molecule has 0 fully saturated rings. The predicted octanol–water partition coefficient (Wildman–Crippen LogP) is 4.12. The molecule has 7 nitrogen and oxygen atoms in total. The van der Waals surface area contributed by atoms with Gasteiger partial charge in [-0.3, -0.25) is 4.79 Å². The number of anilines is 1. The monoisotopic (exact) mass is 423 g/mol. The molecule has 2 aromatic heterocycles. The van der Waals surface area contributed by atoms with Gasteiger partial charge in [0.25, 0.3) is 17.7 Å². The Morgan fingerprint density at radius 2 is 1.93 bits per heavy atom. The summed E-state index contributed by atoms with van der Waals surface area (Å²) in [7, 11) is 0. The zero-order chi connectivity index (χ0) is 20.8. The van der Waals surface area contributed by atoms with Gasteiger partial charge >= 0.3 is 5.97 Å². The number of alkyl halides is 2. The van der Waals surface area contributed by atoms with Gasteiger partial charge in [-0.25, -0.2) is 13.6 Å². The number of hydrogen-bond donors (Lipinski definition) is 2. The number of fused-ring (bicyclic) bond motifs is 1. The Bertz CT molecular complexity index is 1020. The molecule has 0 bridgehead atoms. The van der Waals surface area contributed by atoms with Crippen LogP contribution in [-0.2, 0) is 22.4 Å². The Morgan fingerprint density at radius 3 is 2.59 bits per heavy atom. The highest BCUT2D eigenvalue weighted by Gasteiger charge is 2.39. The van der Waals surface area contributed by atoms with Gasteiger partial charge in [0.15, 0.2) is 5.82 Å². The number of aromatic nitrogens is 2. The lowest BCUT2D eigenvalue weighted by atomic mass is 9.91. The molecule has 2 heterocycles. The minimum absolute atomic E-state index is 0.108. The van der Waals surface area contributed by atoms with E-state index >= 15 is 0 Å². The number of aryl methyl sites for hydroxylation is 1. The first-order chi connectivity index (χ1) is 13.7. The van der Waals surface area contributed by atoms with Crippen LogP contribution in [0.3, 0.4) is 0 Å². The second kappa shape index (κ2) is 7.33. The Kier molecular flexibility index (Phi) is 4.97. The van der Waals surface area contributed by atoms with Gasteiger partial charge in [0.2, 0.25) is 0 Å². The largest absolute Gasteiger partial charge is 0.478 e. The topological polar surface area (TPSA) is 105 Å². The highest BCUT2D eigenvalue weighted by Crippen LogP contribution is 2.47. The molecule has 29 heavy (non-hydrogen) atoms. The predicted molar refractivity (Wildman–Crippen MR) is 101 cm³/mol. The van der Waals surface area contributed by atoms with Crippen molar-refractivity contribution >= 4 is 28.2 Å². The van der Waals surface area contributed by atoms with E-state index < -0.39 is 24.2 Å². The quantitative estimate of drug-likeness (QED) is 0.766. The highest BCUT2D eigenvalue weighted by molar-refractivity contribution is 7.17. The number of carbonyl (C=O) groups is 2. The molecule has 2 aromatic rings. The van der Waals surface area contributed by atoms with Gasteiger partial charge in [0, 0.05) is 28.9 Å². The number of amides is 1. The maximum Gasteiger partial charge on any atom is 0.332 e. The molecule has 0 spiro atoms. The lowest BCUT2D eigenvalue weighted by molar-refractivity contribution is -0.133. The number of hydrogen-bond acceptors (Lipinski definition) is 6. The maximum atomic E-state index is 13.9. The number of nitrogens with one attached hydrogen (secondary N) is 1. The van der Waals surface area contributed by atoms with Crippen LogP contribution in [0.5, 0.6) is 0 Å². The molecule has 0 unspecified atom stereocenters. The minimum atomic E-state index is -2.80. The Morgan fingerprint density at radius 1 is 1.21 bits per heavy atom. The molecule has 0 aromatic carbocycles. The molecule has 0 saturated heterocycles. The van der Waals surface area contributed by atoms with Crippen molar-refractivity contribution in [2.75, 3.05) is 5.32 Å². The van der Waals surface area contributed by atoms with E-state index in [2.05, 4.69) is 15.5 Å². The number of carboxylic acids is 1. The summed E-state index contributed by atoms with van der Waals surface area (Å²) in [6.45, 7) is 1.64. The molecule has 154 valence electrons. The fourth-order valence-corrected chi connectivity index (χ4v) is 5.15. The van der Waals surface area contributed by atoms with Crippen molar-refractivity contribution in [1.82, 2.24) is 10.1 Å². The number of thiophene rings is 1. The van der Waals surface area contributed by atoms with E-state index in [-0.39, 0.29) is 29.9 Å². The molecule has 0 aliphatic heterocycles. The van der Waals surface area contributed by atoms with Crippen molar-refractivity contribution in [3.05, 3.63) is 27.4 Å². The van der Waals surface area contributed by atoms with Gasteiger partial charge in [0.1, 0.15) is 5.00 Å². The molecular weight excluding hydrogens is 404 g/mol. The third-order valence-electron chi connectivity index (χ3n) is 5.22. The van der Waals surface area contributed by atoms with Gasteiger partial charge in [-0.05, 0) is 44.6 Å². The van der Waals surface area contributed by atoms with Crippen LogP contribution in [0.4, 0.5) is 13.8 Å². The fraction of sp³-hybridized carbons (Fsp3) is 0.474. The van der Waals surface area contributed by atoms with E-state index in [1.165, 1.54) is 0 Å². The van der Waals surface area contributed by atoms with Crippen molar-refractivity contribution < 1.29 is 28.0 Å². The number of carboxylic acid groups (broad SMARTS) is 1. The molecule has 2 N–H and O–H groups in total. The summed E-state index contributed by atoms with van der Waals surface area (Å²) in [5.74, 6) is -3.88. The van der Waals surface area contributed by atoms with Crippen LogP contribution in [0.1, 0.15) is 48.4 Å². The van der Waals surface area contributed by atoms with Crippen LogP contribution in [0.2, 0.25) is 0 Å². The van der Waals surface area contributed by atoms with E-state index in [0.717, 1.165) is 17.8 Å². The van der Waals surface area contributed by atoms with Crippen molar-refractivity contribution in [3.8, 4) is 11.5 Å². The average molecular weight is 423 g/mol. The minimum Gasteiger partial charge on any atom is -0.478 e. The normalized spacial score (nSPS) is 18.4. The molecular formula is C19H19F2N3O4S. The second-order valence-electron chi connectivity index (χ2n) is 7.31. The van der Waals surface area contributed by atoms with E-state index in [1.807, 2.05) is 0 Å². The highest BCUT2D eigenvalue weighted by atomic mass is 32.1. The fourth-order valence-electron chi connectivity index (χ4n) is 3.83. The van der Waals surface area contributed by atoms with E-state index in [0.29, 0.717) is 46.1 Å². The first kappa shape index (κ1) is 19.7. The third-order valence-corrected chi connectivity index (χ3v) is 6.37. The van der Waals surface area contributed by atoms with E-state index in [4.69, 9.17) is 4.52 Å². The number of rotatable bonds is 4. The second-order valence-corrected chi connectivity index (χ2v) is 8.42. The first-order valence-electron chi connectivity index (χ1n) is 9.35. The first-order valence-corrected chi connectivity index (χ1v) is 10.2. The summed E-state index contributed by atoms with van der Waals surface area (Å²) >= 11 is 1.06. The summed E-state index contributed by atoms with van der Waals surface area (Å²) < 4.78 is 33.1. The molecule has 2 aliphatic rings. The zero-order valence-electron chi connectivity index (χ0n) is 15.7. The van der Waals surface area contributed by atoms with Crippen LogP contribution >= 0.6 is 11.3 Å².